The molecule has 0 bridgehead atoms. The summed E-state index contributed by atoms with van der Waals surface area (Å²) in [7, 11) is -2.60. The first kappa shape index (κ1) is 29.9. The van der Waals surface area contributed by atoms with Crippen LogP contribution in [0.1, 0.15) is 20.8 Å². The Bertz CT molecular complexity index is 1180. The van der Waals surface area contributed by atoms with Crippen molar-refractivity contribution < 1.29 is 23.7 Å². The van der Waals surface area contributed by atoms with Gasteiger partial charge in [-0.1, -0.05) is 81.4 Å². The second-order valence-corrected chi connectivity index (χ2v) is 14.2. The zero-order valence-electron chi connectivity index (χ0n) is 22.5. The molecule has 0 aliphatic rings. The number of nitro benzene ring substituents is 2. The number of hydrogen-bond acceptors (Lipinski definition) is 8. The first-order valence-corrected chi connectivity index (χ1v) is 14.6. The predicted molar refractivity (Wildman–Crippen MR) is 153 cm³/mol. The zero-order valence-corrected chi connectivity index (χ0v) is 23.5. The van der Waals surface area contributed by atoms with Crippen molar-refractivity contribution >= 4 is 35.8 Å². The molecule has 0 saturated carbocycles. The third-order valence-electron chi connectivity index (χ3n) is 6.29. The van der Waals surface area contributed by atoms with E-state index in [2.05, 4.69) is 74.6 Å². The van der Waals surface area contributed by atoms with Crippen molar-refractivity contribution in [1.29, 1.82) is 0 Å². The number of non-ortho nitro benzene ring substituents is 1. The van der Waals surface area contributed by atoms with Crippen molar-refractivity contribution in [2.45, 2.75) is 25.8 Å². The third kappa shape index (κ3) is 7.70. The second kappa shape index (κ2) is 13.9. The minimum Gasteiger partial charge on any atom is -0.405 e. The van der Waals surface area contributed by atoms with Crippen LogP contribution in [-0.4, -0.2) is 57.7 Å². The van der Waals surface area contributed by atoms with Gasteiger partial charge < -0.3 is 19.2 Å². The molecule has 0 spiro atoms. The van der Waals surface area contributed by atoms with E-state index in [0.29, 0.717) is 33.0 Å². The Morgan fingerprint density at radius 1 is 0.744 bits per heavy atom. The van der Waals surface area contributed by atoms with Gasteiger partial charge in [0.2, 0.25) is 0 Å². The summed E-state index contributed by atoms with van der Waals surface area (Å²) in [6, 6.07) is 24.3. The third-order valence-corrected chi connectivity index (χ3v) is 11.3. The number of ether oxygens (including phenoxy) is 2. The van der Waals surface area contributed by atoms with Gasteiger partial charge in [0.25, 0.3) is 19.7 Å². The van der Waals surface area contributed by atoms with Gasteiger partial charge in [-0.15, -0.1) is 0 Å². The molecule has 0 amide bonds. The molecule has 0 aromatic heterocycles. The topological polar surface area (TPSA) is 126 Å². The van der Waals surface area contributed by atoms with E-state index in [0.717, 1.165) is 6.07 Å². The van der Waals surface area contributed by atoms with Gasteiger partial charge in [0, 0.05) is 12.6 Å². The number of hydrogen-bond donors (Lipinski definition) is 1. The molecule has 0 aliphatic carbocycles. The van der Waals surface area contributed by atoms with Gasteiger partial charge in [0.05, 0.1) is 48.9 Å². The Morgan fingerprint density at radius 3 is 1.79 bits per heavy atom. The van der Waals surface area contributed by atoms with Crippen molar-refractivity contribution in [2.24, 2.45) is 0 Å². The van der Waals surface area contributed by atoms with E-state index in [4.69, 9.17) is 13.9 Å². The van der Waals surface area contributed by atoms with Gasteiger partial charge in [0.1, 0.15) is 5.69 Å². The summed E-state index contributed by atoms with van der Waals surface area (Å²) in [6.45, 7) is 8.87. The first-order chi connectivity index (χ1) is 18.7. The fourth-order valence-electron chi connectivity index (χ4n) is 4.53. The van der Waals surface area contributed by atoms with Crippen LogP contribution in [0.3, 0.4) is 0 Å². The largest absolute Gasteiger partial charge is 0.405 e. The quantitative estimate of drug-likeness (QED) is 0.126. The van der Waals surface area contributed by atoms with Crippen LogP contribution in [0.2, 0.25) is 5.04 Å². The normalized spacial score (nSPS) is 11.8. The molecule has 39 heavy (non-hydrogen) atoms. The Balaban J connectivity index is 1.45. The fourth-order valence-corrected chi connectivity index (χ4v) is 9.07. The molecule has 0 saturated heterocycles. The Labute approximate surface area is 229 Å². The van der Waals surface area contributed by atoms with Gasteiger partial charge in [-0.05, 0) is 21.5 Å². The molecule has 11 heteroatoms. The van der Waals surface area contributed by atoms with Gasteiger partial charge in [-0.25, -0.2) is 0 Å². The fraction of sp³-hybridized carbons (Fsp3) is 0.357. The zero-order chi connectivity index (χ0) is 28.3. The highest BCUT2D eigenvalue weighted by Crippen LogP contribution is 2.36. The Morgan fingerprint density at radius 2 is 1.28 bits per heavy atom. The molecule has 3 aromatic carbocycles. The highest BCUT2D eigenvalue weighted by atomic mass is 28.4. The molecule has 3 aromatic rings. The van der Waals surface area contributed by atoms with Crippen molar-refractivity contribution in [3.05, 3.63) is 99.1 Å². The summed E-state index contributed by atoms with van der Waals surface area (Å²) >= 11 is 0. The summed E-state index contributed by atoms with van der Waals surface area (Å²) in [6.07, 6.45) is 0. The molecule has 0 heterocycles. The van der Waals surface area contributed by atoms with Crippen LogP contribution < -0.4 is 15.7 Å². The summed E-state index contributed by atoms with van der Waals surface area (Å²) in [4.78, 5) is 20.8. The summed E-state index contributed by atoms with van der Waals surface area (Å²) < 4.78 is 18.1. The molecular weight excluding hydrogens is 518 g/mol. The van der Waals surface area contributed by atoms with Crippen LogP contribution in [0, 0.1) is 20.2 Å². The Kier molecular flexibility index (Phi) is 10.7. The van der Waals surface area contributed by atoms with Crippen LogP contribution in [0.15, 0.2) is 78.9 Å². The van der Waals surface area contributed by atoms with Crippen LogP contribution in [-0.2, 0) is 13.9 Å². The molecule has 0 aliphatic heterocycles. The van der Waals surface area contributed by atoms with Crippen LogP contribution in [0.4, 0.5) is 17.1 Å². The van der Waals surface area contributed by atoms with E-state index in [1.165, 1.54) is 22.5 Å². The van der Waals surface area contributed by atoms with Crippen molar-refractivity contribution in [2.75, 3.05) is 44.9 Å². The number of nitrogens with zero attached hydrogens (tertiary/aromatic N) is 2. The van der Waals surface area contributed by atoms with Crippen molar-refractivity contribution in [1.82, 2.24) is 0 Å². The number of nitrogens with one attached hydrogen (secondary N) is 1. The Hall–Kier alpha value is -3.64. The smallest absolute Gasteiger partial charge is 0.299 e. The minimum atomic E-state index is -2.60. The van der Waals surface area contributed by atoms with E-state index >= 15 is 0 Å². The number of benzene rings is 3. The van der Waals surface area contributed by atoms with Crippen molar-refractivity contribution in [3.63, 3.8) is 0 Å². The maximum Gasteiger partial charge on any atom is 0.299 e. The lowest BCUT2D eigenvalue weighted by Crippen LogP contribution is -2.66. The van der Waals surface area contributed by atoms with Crippen molar-refractivity contribution in [3.8, 4) is 0 Å². The van der Waals surface area contributed by atoms with E-state index in [1.54, 1.807) is 0 Å². The molecule has 0 atom stereocenters. The highest BCUT2D eigenvalue weighted by molar-refractivity contribution is 6.99. The molecule has 0 fully saturated rings. The number of nitro groups is 2. The number of anilines is 1. The van der Waals surface area contributed by atoms with Gasteiger partial charge in [-0.3, -0.25) is 20.2 Å². The van der Waals surface area contributed by atoms with E-state index < -0.39 is 18.2 Å². The summed E-state index contributed by atoms with van der Waals surface area (Å²) in [5.74, 6) is 0. The van der Waals surface area contributed by atoms with Gasteiger partial charge in [-0.2, -0.15) is 0 Å². The van der Waals surface area contributed by atoms with E-state index in [-0.39, 0.29) is 28.7 Å². The molecule has 208 valence electrons. The second-order valence-electron chi connectivity index (χ2n) is 9.88. The maximum absolute atomic E-state index is 11.2. The first-order valence-electron chi connectivity index (χ1n) is 12.7. The van der Waals surface area contributed by atoms with Gasteiger partial charge >= 0.3 is 0 Å². The lowest BCUT2D eigenvalue weighted by Gasteiger charge is -2.43. The average molecular weight is 554 g/mol. The summed E-state index contributed by atoms with van der Waals surface area (Å²) in [5, 5.41) is 27.3. The van der Waals surface area contributed by atoms with Crippen LogP contribution in [0.25, 0.3) is 0 Å². The van der Waals surface area contributed by atoms with Gasteiger partial charge in [0.15, 0.2) is 0 Å². The summed E-state index contributed by atoms with van der Waals surface area (Å²) in [5.41, 5.74) is -0.487. The van der Waals surface area contributed by atoms with Crippen LogP contribution >= 0.6 is 0 Å². The molecule has 10 nitrogen and oxygen atoms in total. The van der Waals surface area contributed by atoms with E-state index in [9.17, 15) is 20.2 Å². The molecule has 0 unspecified atom stereocenters. The monoisotopic (exact) mass is 553 g/mol. The van der Waals surface area contributed by atoms with E-state index in [1.807, 2.05) is 12.1 Å². The standard InChI is InChI=1S/C28H35N3O7Si/c1-28(2,3)39(24-10-6-4-7-11-24,25-12-8-5-9-13-25)38-21-20-37-19-18-36-17-16-29-26-15-14-23(30(32)33)22-27(26)31(34)35/h4-15,22,29H,16-21H2,1-3H3. The lowest BCUT2D eigenvalue weighted by atomic mass is 10.2. The molecule has 0 radical (unpaired) electrons. The lowest BCUT2D eigenvalue weighted by molar-refractivity contribution is -0.393. The van der Waals surface area contributed by atoms with Crippen LogP contribution in [0.5, 0.6) is 0 Å². The predicted octanol–water partition coefficient (Wildman–Crippen LogP) is 4.52. The molecule has 1 N–H and O–H groups in total. The molecule has 3 rings (SSSR count). The minimum absolute atomic E-state index is 0.107. The SMILES string of the molecule is CC(C)(C)[Si](OCCOCCOCCNc1ccc([N+](=O)[O-])cc1[N+](=O)[O-])(c1ccccc1)c1ccccc1. The maximum atomic E-state index is 11.2. The molecular formula is C28H35N3O7Si. The average Bonchev–Trinajstić information content (AvgIpc) is 2.92. The number of rotatable bonds is 15. The highest BCUT2D eigenvalue weighted by Gasteiger charge is 2.49.